The van der Waals surface area contributed by atoms with Crippen LogP contribution in [0.4, 0.5) is 0 Å². The highest BCUT2D eigenvalue weighted by molar-refractivity contribution is 6.00. The van der Waals surface area contributed by atoms with Crippen molar-refractivity contribution in [1.29, 1.82) is 0 Å². The number of rotatable bonds is 5. The molecule has 2 rings (SSSR count). The summed E-state index contributed by atoms with van der Waals surface area (Å²) in [5, 5.41) is 11.8. The molecule has 0 aromatic heterocycles. The fourth-order valence-corrected chi connectivity index (χ4v) is 2.27. The van der Waals surface area contributed by atoms with E-state index in [9.17, 15) is 14.7 Å². The van der Waals surface area contributed by atoms with Gasteiger partial charge in [0.05, 0.1) is 19.8 Å². The predicted octanol–water partition coefficient (Wildman–Crippen LogP) is 1.44. The van der Waals surface area contributed by atoms with Gasteiger partial charge in [-0.15, -0.1) is 0 Å². The van der Waals surface area contributed by atoms with Crippen molar-refractivity contribution in [2.75, 3.05) is 14.2 Å². The molecule has 1 aromatic rings. The standard InChI is InChI=1S/C14H17NO5/c1-19-10-6-3-5-9(11(10)20-2)12(16)15-14(13(17)18)7-4-8-14/h3,5-6H,4,7-8H2,1-2H3,(H,15,16)(H,17,18). The van der Waals surface area contributed by atoms with Crippen molar-refractivity contribution >= 4 is 11.9 Å². The van der Waals surface area contributed by atoms with Crippen LogP contribution in [0.2, 0.25) is 0 Å². The molecule has 20 heavy (non-hydrogen) atoms. The number of hydrogen-bond acceptors (Lipinski definition) is 4. The number of ether oxygens (including phenoxy) is 2. The van der Waals surface area contributed by atoms with Crippen molar-refractivity contribution in [3.8, 4) is 11.5 Å². The Morgan fingerprint density at radius 2 is 1.95 bits per heavy atom. The van der Waals surface area contributed by atoms with Gasteiger partial charge in [0.1, 0.15) is 5.54 Å². The summed E-state index contributed by atoms with van der Waals surface area (Å²) in [6.07, 6.45) is 1.68. The van der Waals surface area contributed by atoms with E-state index in [-0.39, 0.29) is 5.56 Å². The summed E-state index contributed by atoms with van der Waals surface area (Å²) >= 11 is 0. The van der Waals surface area contributed by atoms with E-state index in [1.54, 1.807) is 18.2 Å². The highest BCUT2D eigenvalue weighted by atomic mass is 16.5. The summed E-state index contributed by atoms with van der Waals surface area (Å²) in [4.78, 5) is 23.6. The van der Waals surface area contributed by atoms with Gasteiger partial charge < -0.3 is 19.9 Å². The first-order chi connectivity index (χ1) is 9.54. The second-order valence-electron chi connectivity index (χ2n) is 4.74. The molecule has 0 unspecified atom stereocenters. The molecule has 2 N–H and O–H groups in total. The lowest BCUT2D eigenvalue weighted by Crippen LogP contribution is -2.59. The molecule has 0 heterocycles. The molecule has 0 spiro atoms. The molecule has 1 aromatic carbocycles. The monoisotopic (exact) mass is 279 g/mol. The molecule has 1 amide bonds. The summed E-state index contributed by atoms with van der Waals surface area (Å²) in [5.41, 5.74) is -0.884. The van der Waals surface area contributed by atoms with Crippen LogP contribution < -0.4 is 14.8 Å². The minimum Gasteiger partial charge on any atom is -0.493 e. The van der Waals surface area contributed by atoms with E-state index in [1.165, 1.54) is 14.2 Å². The summed E-state index contributed by atoms with van der Waals surface area (Å²) in [5.74, 6) is -0.743. The van der Waals surface area contributed by atoms with E-state index in [0.29, 0.717) is 24.3 Å². The Kier molecular flexibility index (Phi) is 3.83. The number of methoxy groups -OCH3 is 2. The summed E-state index contributed by atoms with van der Waals surface area (Å²) in [7, 11) is 2.91. The van der Waals surface area contributed by atoms with E-state index in [2.05, 4.69) is 5.32 Å². The van der Waals surface area contributed by atoms with Gasteiger partial charge in [-0.1, -0.05) is 6.07 Å². The summed E-state index contributed by atoms with van der Waals surface area (Å²) < 4.78 is 10.3. The Bertz CT molecular complexity index is 536. The van der Waals surface area contributed by atoms with Crippen LogP contribution in [-0.4, -0.2) is 36.7 Å². The Morgan fingerprint density at radius 3 is 2.40 bits per heavy atom. The van der Waals surface area contributed by atoms with E-state index in [4.69, 9.17) is 9.47 Å². The van der Waals surface area contributed by atoms with Crippen LogP contribution in [-0.2, 0) is 4.79 Å². The fourth-order valence-electron chi connectivity index (χ4n) is 2.27. The number of carboxylic acid groups (broad SMARTS) is 1. The third kappa shape index (κ3) is 2.29. The van der Waals surface area contributed by atoms with Gasteiger partial charge in [-0.2, -0.15) is 0 Å². The van der Waals surface area contributed by atoms with Gasteiger partial charge in [0.15, 0.2) is 11.5 Å². The minimum atomic E-state index is -1.15. The van der Waals surface area contributed by atoms with Crippen molar-refractivity contribution in [2.24, 2.45) is 0 Å². The molecule has 6 nitrogen and oxygen atoms in total. The van der Waals surface area contributed by atoms with Crippen molar-refractivity contribution in [3.05, 3.63) is 23.8 Å². The molecule has 1 fully saturated rings. The maximum absolute atomic E-state index is 12.3. The van der Waals surface area contributed by atoms with Gasteiger partial charge in [0.2, 0.25) is 0 Å². The molecule has 0 saturated heterocycles. The first-order valence-electron chi connectivity index (χ1n) is 6.31. The number of aliphatic carboxylic acids is 1. The van der Waals surface area contributed by atoms with Crippen LogP contribution in [0.3, 0.4) is 0 Å². The maximum atomic E-state index is 12.3. The largest absolute Gasteiger partial charge is 0.493 e. The lowest BCUT2D eigenvalue weighted by molar-refractivity contribution is -0.148. The molecule has 6 heteroatoms. The van der Waals surface area contributed by atoms with Crippen LogP contribution >= 0.6 is 0 Å². The van der Waals surface area contributed by atoms with E-state index in [0.717, 1.165) is 6.42 Å². The number of carboxylic acids is 1. The number of carbonyl (C=O) groups is 2. The average Bonchev–Trinajstić information content (AvgIpc) is 2.40. The first-order valence-corrected chi connectivity index (χ1v) is 6.31. The molecule has 0 aliphatic heterocycles. The zero-order valence-corrected chi connectivity index (χ0v) is 11.4. The van der Waals surface area contributed by atoms with Gasteiger partial charge in [0, 0.05) is 0 Å². The summed E-state index contributed by atoms with van der Waals surface area (Å²) in [6.45, 7) is 0. The van der Waals surface area contributed by atoms with Crippen LogP contribution in [0.5, 0.6) is 11.5 Å². The predicted molar refractivity (Wildman–Crippen MR) is 71.2 cm³/mol. The Hall–Kier alpha value is -2.24. The maximum Gasteiger partial charge on any atom is 0.329 e. The SMILES string of the molecule is COc1cccc(C(=O)NC2(C(=O)O)CCC2)c1OC. The lowest BCUT2D eigenvalue weighted by atomic mass is 9.76. The number of nitrogens with one attached hydrogen (secondary N) is 1. The molecule has 0 atom stereocenters. The van der Waals surface area contributed by atoms with Crippen molar-refractivity contribution < 1.29 is 24.2 Å². The molecule has 1 aliphatic rings. The summed E-state index contributed by atoms with van der Waals surface area (Å²) in [6, 6.07) is 4.90. The molecular formula is C14H17NO5. The highest BCUT2D eigenvalue weighted by Gasteiger charge is 2.46. The number of amides is 1. The van der Waals surface area contributed by atoms with E-state index >= 15 is 0 Å². The lowest BCUT2D eigenvalue weighted by Gasteiger charge is -2.38. The number of hydrogen-bond donors (Lipinski definition) is 2. The van der Waals surface area contributed by atoms with Crippen LogP contribution in [0.1, 0.15) is 29.6 Å². The number of benzene rings is 1. The zero-order valence-electron chi connectivity index (χ0n) is 11.4. The Labute approximate surface area is 116 Å². The smallest absolute Gasteiger partial charge is 0.329 e. The normalized spacial score (nSPS) is 15.9. The highest BCUT2D eigenvalue weighted by Crippen LogP contribution is 2.34. The van der Waals surface area contributed by atoms with Gasteiger partial charge in [-0.25, -0.2) is 4.79 Å². The Morgan fingerprint density at radius 1 is 1.25 bits per heavy atom. The van der Waals surface area contributed by atoms with Crippen LogP contribution in [0.15, 0.2) is 18.2 Å². The molecule has 108 valence electrons. The third-order valence-corrected chi connectivity index (χ3v) is 3.62. The van der Waals surface area contributed by atoms with E-state index in [1.807, 2.05) is 0 Å². The number of carbonyl (C=O) groups excluding carboxylic acids is 1. The minimum absolute atomic E-state index is 0.263. The molecule has 1 saturated carbocycles. The second kappa shape index (κ2) is 5.40. The molecular weight excluding hydrogens is 262 g/mol. The van der Waals surface area contributed by atoms with Gasteiger partial charge >= 0.3 is 5.97 Å². The third-order valence-electron chi connectivity index (χ3n) is 3.62. The zero-order chi connectivity index (χ0) is 14.8. The average molecular weight is 279 g/mol. The quantitative estimate of drug-likeness (QED) is 0.852. The number of para-hydroxylation sites is 1. The fraction of sp³-hybridized carbons (Fsp3) is 0.429. The van der Waals surface area contributed by atoms with Gasteiger partial charge in [0.25, 0.3) is 5.91 Å². The first kappa shape index (κ1) is 14.2. The van der Waals surface area contributed by atoms with Crippen molar-refractivity contribution in [1.82, 2.24) is 5.32 Å². The van der Waals surface area contributed by atoms with Crippen molar-refractivity contribution in [3.63, 3.8) is 0 Å². The topological polar surface area (TPSA) is 84.9 Å². The Balaban J connectivity index is 2.28. The molecule has 1 aliphatic carbocycles. The van der Waals surface area contributed by atoms with Crippen molar-refractivity contribution in [2.45, 2.75) is 24.8 Å². The molecule has 0 radical (unpaired) electrons. The van der Waals surface area contributed by atoms with Crippen LogP contribution in [0.25, 0.3) is 0 Å². The van der Waals surface area contributed by atoms with Crippen LogP contribution in [0, 0.1) is 0 Å². The van der Waals surface area contributed by atoms with E-state index < -0.39 is 17.4 Å². The second-order valence-corrected chi connectivity index (χ2v) is 4.74. The molecule has 0 bridgehead atoms. The van der Waals surface area contributed by atoms with Gasteiger partial charge in [-0.3, -0.25) is 4.79 Å². The van der Waals surface area contributed by atoms with Gasteiger partial charge in [-0.05, 0) is 31.4 Å².